The Hall–Kier alpha value is -1.30. The molecule has 30 heavy (non-hydrogen) atoms. The Morgan fingerprint density at radius 3 is 2.67 bits per heavy atom. The molecule has 0 aliphatic heterocycles. The molecule has 3 aliphatic carbocycles. The van der Waals surface area contributed by atoms with Gasteiger partial charge < -0.3 is 5.11 Å². The Morgan fingerprint density at radius 1 is 1.10 bits per heavy atom. The molecule has 0 aromatic carbocycles. The second-order valence-electron chi connectivity index (χ2n) is 10.7. The largest absolute Gasteiger partial charge is 0.390 e. The number of tetrazole rings is 1. The Bertz CT molecular complexity index is 735. The van der Waals surface area contributed by atoms with E-state index in [4.69, 9.17) is 0 Å². The molecule has 4 rings (SSSR count). The maximum atomic E-state index is 13.0. The van der Waals surface area contributed by atoms with E-state index in [1.54, 1.807) is 4.68 Å². The van der Waals surface area contributed by atoms with E-state index in [0.29, 0.717) is 30.0 Å². The van der Waals surface area contributed by atoms with Crippen LogP contribution in [0.3, 0.4) is 0 Å². The summed E-state index contributed by atoms with van der Waals surface area (Å²) in [6.45, 7) is 6.73. The highest BCUT2D eigenvalue weighted by molar-refractivity contribution is 5.80. The van der Waals surface area contributed by atoms with Gasteiger partial charge in [-0.15, -0.1) is 5.10 Å². The van der Waals surface area contributed by atoms with Gasteiger partial charge in [0, 0.05) is 5.92 Å². The van der Waals surface area contributed by atoms with Gasteiger partial charge in [-0.3, -0.25) is 4.79 Å². The highest BCUT2D eigenvalue weighted by Crippen LogP contribution is 2.53. The number of aryl methyl sites for hydroxylation is 1. The number of carbonyl (C=O) groups is 1. The summed E-state index contributed by atoms with van der Waals surface area (Å²) in [5.74, 6) is 4.92. The standard InChI is InChI=1S/C24H40N4O2/c1-4-24(30)13-12-21-19(14-24)10-11-20-16(2)8-9-18(6-5-7-22(20)21)23(29)15-28-17(3)25-26-27-28/h16,18-22,30H,4-15H2,1-3H3/t16-,18+,19+,20-,21-,22-,24+/m0/s1. The second-order valence-corrected chi connectivity index (χ2v) is 10.7. The van der Waals surface area contributed by atoms with Crippen molar-refractivity contribution in [3.8, 4) is 0 Å². The monoisotopic (exact) mass is 416 g/mol. The predicted octanol–water partition coefficient (Wildman–Crippen LogP) is 4.35. The lowest BCUT2D eigenvalue weighted by atomic mass is 9.55. The van der Waals surface area contributed by atoms with Gasteiger partial charge in [-0.05, 0) is 111 Å². The quantitative estimate of drug-likeness (QED) is 0.789. The molecule has 0 bridgehead atoms. The van der Waals surface area contributed by atoms with Crippen LogP contribution in [0.15, 0.2) is 0 Å². The van der Waals surface area contributed by atoms with Crippen LogP contribution in [0.1, 0.15) is 90.3 Å². The third-order valence-electron chi connectivity index (χ3n) is 9.08. The summed E-state index contributed by atoms with van der Waals surface area (Å²) < 4.78 is 1.64. The third kappa shape index (κ3) is 4.49. The molecule has 0 spiro atoms. The lowest BCUT2D eigenvalue weighted by Gasteiger charge is -2.51. The third-order valence-corrected chi connectivity index (χ3v) is 9.08. The SMILES string of the molecule is CC[C@@]1(O)CC[C@H]2[C@H](CC[C@@H]3[C@@H]2CCC[C@@H](C(=O)Cn2nnnc2C)CC[C@@H]3C)C1. The average Bonchev–Trinajstić information content (AvgIpc) is 3.16. The first-order valence-electron chi connectivity index (χ1n) is 12.4. The minimum absolute atomic E-state index is 0.142. The van der Waals surface area contributed by atoms with E-state index in [1.807, 2.05) is 6.92 Å². The van der Waals surface area contributed by atoms with Crippen molar-refractivity contribution in [1.82, 2.24) is 20.2 Å². The van der Waals surface area contributed by atoms with E-state index < -0.39 is 5.60 Å². The van der Waals surface area contributed by atoms with Crippen LogP contribution in [0.4, 0.5) is 0 Å². The average molecular weight is 417 g/mol. The molecule has 1 aromatic rings. The first kappa shape index (κ1) is 21.9. The fraction of sp³-hybridized carbons (Fsp3) is 0.917. The number of rotatable bonds is 4. The Kier molecular flexibility index (Phi) is 6.61. The van der Waals surface area contributed by atoms with Crippen LogP contribution < -0.4 is 0 Å². The van der Waals surface area contributed by atoms with Gasteiger partial charge in [0.2, 0.25) is 0 Å². The zero-order valence-electron chi connectivity index (χ0n) is 19.1. The number of hydrogen-bond donors (Lipinski definition) is 1. The number of Topliss-reactive ketones (excluding diaryl/α,β-unsaturated/α-hetero) is 1. The number of carbonyl (C=O) groups excluding carboxylic acids is 1. The summed E-state index contributed by atoms with van der Waals surface area (Å²) in [6.07, 6.45) is 12.3. The van der Waals surface area contributed by atoms with E-state index in [0.717, 1.165) is 62.7 Å². The molecule has 6 nitrogen and oxygen atoms in total. The van der Waals surface area contributed by atoms with Crippen molar-refractivity contribution in [2.45, 2.75) is 104 Å². The Balaban J connectivity index is 1.42. The summed E-state index contributed by atoms with van der Waals surface area (Å²) >= 11 is 0. The maximum absolute atomic E-state index is 13.0. The number of aromatic nitrogens is 4. The van der Waals surface area contributed by atoms with Gasteiger partial charge in [0.1, 0.15) is 12.4 Å². The number of ketones is 1. The van der Waals surface area contributed by atoms with Crippen molar-refractivity contribution >= 4 is 5.78 Å². The van der Waals surface area contributed by atoms with Gasteiger partial charge in [-0.25, -0.2) is 4.68 Å². The van der Waals surface area contributed by atoms with Gasteiger partial charge >= 0.3 is 0 Å². The van der Waals surface area contributed by atoms with E-state index in [2.05, 4.69) is 29.4 Å². The fourth-order valence-electron chi connectivity index (χ4n) is 7.10. The summed E-state index contributed by atoms with van der Waals surface area (Å²) in [5, 5.41) is 22.4. The zero-order chi connectivity index (χ0) is 21.3. The highest BCUT2D eigenvalue weighted by atomic mass is 16.3. The van der Waals surface area contributed by atoms with Crippen molar-refractivity contribution in [1.29, 1.82) is 0 Å². The molecule has 1 heterocycles. The number of hydrogen-bond acceptors (Lipinski definition) is 5. The van der Waals surface area contributed by atoms with Crippen molar-refractivity contribution in [2.24, 2.45) is 35.5 Å². The summed E-state index contributed by atoms with van der Waals surface area (Å²) in [4.78, 5) is 13.0. The molecule has 168 valence electrons. The molecule has 3 aliphatic rings. The van der Waals surface area contributed by atoms with Gasteiger partial charge in [-0.1, -0.05) is 20.3 Å². The maximum Gasteiger partial charge on any atom is 0.157 e. The number of nitrogens with zero attached hydrogens (tertiary/aromatic N) is 4. The fourth-order valence-corrected chi connectivity index (χ4v) is 7.10. The smallest absolute Gasteiger partial charge is 0.157 e. The molecule has 7 atom stereocenters. The molecule has 1 N–H and O–H groups in total. The molecule has 3 fully saturated rings. The van der Waals surface area contributed by atoms with E-state index in [9.17, 15) is 9.90 Å². The van der Waals surface area contributed by atoms with Gasteiger partial charge in [-0.2, -0.15) is 0 Å². The Labute approximate surface area is 181 Å². The Morgan fingerprint density at radius 2 is 1.93 bits per heavy atom. The van der Waals surface area contributed by atoms with Crippen LogP contribution in [0.5, 0.6) is 0 Å². The molecular formula is C24H40N4O2. The van der Waals surface area contributed by atoms with E-state index >= 15 is 0 Å². The normalized spacial score (nSPS) is 39.9. The molecule has 6 heteroatoms. The van der Waals surface area contributed by atoms with E-state index in [1.165, 1.54) is 25.7 Å². The van der Waals surface area contributed by atoms with Crippen LogP contribution in [0.25, 0.3) is 0 Å². The molecule has 3 saturated carbocycles. The van der Waals surface area contributed by atoms with Gasteiger partial charge in [0.15, 0.2) is 5.78 Å². The minimum atomic E-state index is -0.413. The summed E-state index contributed by atoms with van der Waals surface area (Å²) in [5.41, 5.74) is -0.413. The van der Waals surface area contributed by atoms with Gasteiger partial charge in [0.05, 0.1) is 5.60 Å². The minimum Gasteiger partial charge on any atom is -0.390 e. The molecule has 0 amide bonds. The summed E-state index contributed by atoms with van der Waals surface area (Å²) in [7, 11) is 0. The second kappa shape index (κ2) is 9.05. The van der Waals surface area contributed by atoms with Crippen LogP contribution >= 0.6 is 0 Å². The van der Waals surface area contributed by atoms with Crippen LogP contribution in [0, 0.1) is 42.4 Å². The first-order valence-corrected chi connectivity index (χ1v) is 12.4. The van der Waals surface area contributed by atoms with Crippen LogP contribution in [-0.4, -0.2) is 36.7 Å². The van der Waals surface area contributed by atoms with Crippen molar-refractivity contribution in [3.05, 3.63) is 5.82 Å². The lowest BCUT2D eigenvalue weighted by molar-refractivity contribution is -0.124. The van der Waals surface area contributed by atoms with Gasteiger partial charge in [0.25, 0.3) is 0 Å². The van der Waals surface area contributed by atoms with Crippen LogP contribution in [-0.2, 0) is 11.3 Å². The van der Waals surface area contributed by atoms with E-state index in [-0.39, 0.29) is 5.92 Å². The molecule has 0 saturated heterocycles. The number of aliphatic hydroxyl groups is 1. The zero-order valence-corrected chi connectivity index (χ0v) is 19.1. The summed E-state index contributed by atoms with van der Waals surface area (Å²) in [6, 6.07) is 0. The highest BCUT2D eigenvalue weighted by Gasteiger charge is 2.47. The molecule has 1 aromatic heterocycles. The first-order chi connectivity index (χ1) is 14.4. The van der Waals surface area contributed by atoms with Crippen molar-refractivity contribution in [2.75, 3.05) is 0 Å². The molecule has 0 radical (unpaired) electrons. The van der Waals surface area contributed by atoms with Crippen LogP contribution in [0.2, 0.25) is 0 Å². The molecular weight excluding hydrogens is 376 g/mol. The lowest BCUT2D eigenvalue weighted by Crippen LogP contribution is -2.46. The number of fused-ring (bicyclic) bond motifs is 3. The predicted molar refractivity (Wildman–Crippen MR) is 116 cm³/mol. The molecule has 0 unspecified atom stereocenters. The van der Waals surface area contributed by atoms with Crippen molar-refractivity contribution in [3.63, 3.8) is 0 Å². The van der Waals surface area contributed by atoms with Crippen molar-refractivity contribution < 1.29 is 9.90 Å². The topological polar surface area (TPSA) is 80.9 Å².